The average Bonchev–Trinajstić information content (AvgIpc) is 2.71. The number of aromatic nitrogens is 1. The summed E-state index contributed by atoms with van der Waals surface area (Å²) in [6.45, 7) is 4.48. The second-order valence-corrected chi connectivity index (χ2v) is 5.71. The molecule has 1 N–H and O–H groups in total. The van der Waals surface area contributed by atoms with E-state index in [-0.39, 0.29) is 0 Å². The number of rotatable bonds is 6. The van der Waals surface area contributed by atoms with Gasteiger partial charge in [0.15, 0.2) is 0 Å². The third-order valence-electron chi connectivity index (χ3n) is 3.11. The molecule has 0 atom stereocenters. The topological polar surface area (TPSA) is 24.9 Å². The van der Waals surface area contributed by atoms with Crippen LogP contribution in [0.3, 0.4) is 0 Å². The summed E-state index contributed by atoms with van der Waals surface area (Å²) in [6, 6.07) is 0. The quantitative estimate of drug-likeness (QED) is 0.771. The van der Waals surface area contributed by atoms with E-state index in [0.717, 1.165) is 19.5 Å². The summed E-state index contributed by atoms with van der Waals surface area (Å²) >= 11 is 1.95. The second kappa shape index (κ2) is 6.36. The molecule has 1 heterocycles. The zero-order valence-corrected chi connectivity index (χ0v) is 11.0. The van der Waals surface area contributed by atoms with Crippen LogP contribution in [0.15, 0.2) is 0 Å². The number of thiazole rings is 1. The zero-order valence-electron chi connectivity index (χ0n) is 10.2. The van der Waals surface area contributed by atoms with Crippen molar-refractivity contribution in [1.82, 2.24) is 10.3 Å². The number of hydrogen-bond donors (Lipinski definition) is 1. The van der Waals surface area contributed by atoms with E-state index in [4.69, 9.17) is 4.98 Å². The largest absolute Gasteiger partial charge is 0.316 e. The van der Waals surface area contributed by atoms with Crippen molar-refractivity contribution in [2.75, 3.05) is 13.1 Å². The molecule has 3 heteroatoms. The predicted octanol–water partition coefficient (Wildman–Crippen LogP) is 2.95. The minimum atomic E-state index is 1.09. The highest BCUT2D eigenvalue weighted by molar-refractivity contribution is 7.11. The minimum Gasteiger partial charge on any atom is -0.316 e. The Kier molecular flexibility index (Phi) is 4.79. The molecule has 0 saturated heterocycles. The number of nitrogens with one attached hydrogen (secondary N) is 1. The Morgan fingerprint density at radius 1 is 1.25 bits per heavy atom. The lowest BCUT2D eigenvalue weighted by Gasteiger charge is -2.06. The third-order valence-corrected chi connectivity index (χ3v) is 4.33. The standard InChI is InChI=1S/C13H22N2S/c1-2-3-9-14-10-8-13-15-11-6-4-5-7-12(11)16-13/h14H,2-10H2,1H3. The van der Waals surface area contributed by atoms with Crippen LogP contribution in [0.4, 0.5) is 0 Å². The molecule has 1 aromatic heterocycles. The molecule has 16 heavy (non-hydrogen) atoms. The smallest absolute Gasteiger partial charge is 0.0943 e. The molecule has 1 aromatic rings. The van der Waals surface area contributed by atoms with E-state index in [9.17, 15) is 0 Å². The van der Waals surface area contributed by atoms with Crippen molar-refractivity contribution in [3.8, 4) is 0 Å². The number of unbranched alkanes of at least 4 members (excludes halogenated alkanes) is 1. The average molecular weight is 238 g/mol. The van der Waals surface area contributed by atoms with E-state index in [2.05, 4.69) is 12.2 Å². The molecule has 0 unspecified atom stereocenters. The van der Waals surface area contributed by atoms with Crippen molar-refractivity contribution in [3.05, 3.63) is 15.6 Å². The van der Waals surface area contributed by atoms with Crippen LogP contribution in [0, 0.1) is 0 Å². The summed E-state index contributed by atoms with van der Waals surface area (Å²) in [4.78, 5) is 6.31. The predicted molar refractivity (Wildman–Crippen MR) is 70.2 cm³/mol. The minimum absolute atomic E-state index is 1.09. The number of fused-ring (bicyclic) bond motifs is 1. The summed E-state index contributed by atoms with van der Waals surface area (Å²) in [5, 5.41) is 4.83. The summed E-state index contributed by atoms with van der Waals surface area (Å²) < 4.78 is 0. The Hall–Kier alpha value is -0.410. The van der Waals surface area contributed by atoms with Gasteiger partial charge in [-0.3, -0.25) is 0 Å². The van der Waals surface area contributed by atoms with Gasteiger partial charge in [-0.1, -0.05) is 13.3 Å². The van der Waals surface area contributed by atoms with Crippen molar-refractivity contribution in [2.24, 2.45) is 0 Å². The highest BCUT2D eigenvalue weighted by Gasteiger charge is 2.14. The van der Waals surface area contributed by atoms with Gasteiger partial charge in [0.25, 0.3) is 0 Å². The van der Waals surface area contributed by atoms with Crippen LogP contribution < -0.4 is 5.32 Å². The van der Waals surface area contributed by atoms with Gasteiger partial charge in [-0.15, -0.1) is 11.3 Å². The molecule has 1 aliphatic carbocycles. The van der Waals surface area contributed by atoms with E-state index in [1.807, 2.05) is 11.3 Å². The summed E-state index contributed by atoms with van der Waals surface area (Å²) in [7, 11) is 0. The highest BCUT2D eigenvalue weighted by Crippen LogP contribution is 2.26. The van der Waals surface area contributed by atoms with Crippen molar-refractivity contribution in [2.45, 2.75) is 51.9 Å². The number of nitrogens with zero attached hydrogens (tertiary/aromatic N) is 1. The molecule has 90 valence electrons. The SMILES string of the molecule is CCCCNCCc1nc2c(s1)CCCC2. The van der Waals surface area contributed by atoms with E-state index in [1.165, 1.54) is 49.2 Å². The van der Waals surface area contributed by atoms with E-state index in [0.29, 0.717) is 0 Å². The van der Waals surface area contributed by atoms with Crippen LogP contribution in [0.2, 0.25) is 0 Å². The molecule has 0 aromatic carbocycles. The Morgan fingerprint density at radius 3 is 2.94 bits per heavy atom. The second-order valence-electron chi connectivity index (χ2n) is 4.54. The normalized spacial score (nSPS) is 15.1. The van der Waals surface area contributed by atoms with Crippen molar-refractivity contribution < 1.29 is 0 Å². The summed E-state index contributed by atoms with van der Waals surface area (Å²) in [5.41, 5.74) is 1.40. The molecule has 0 radical (unpaired) electrons. The van der Waals surface area contributed by atoms with Gasteiger partial charge in [0.1, 0.15) is 0 Å². The van der Waals surface area contributed by atoms with Gasteiger partial charge in [-0.05, 0) is 38.6 Å². The maximum absolute atomic E-state index is 4.75. The third kappa shape index (κ3) is 3.29. The molecular formula is C13H22N2S. The lowest BCUT2D eigenvalue weighted by atomic mass is 10.0. The molecule has 1 aliphatic rings. The fourth-order valence-electron chi connectivity index (χ4n) is 2.13. The number of aryl methyl sites for hydroxylation is 2. The van der Waals surface area contributed by atoms with Crippen molar-refractivity contribution >= 4 is 11.3 Å². The molecule has 0 saturated carbocycles. The van der Waals surface area contributed by atoms with Crippen LogP contribution in [-0.2, 0) is 19.3 Å². The fourth-order valence-corrected chi connectivity index (χ4v) is 3.29. The number of hydrogen-bond acceptors (Lipinski definition) is 3. The van der Waals surface area contributed by atoms with Gasteiger partial charge in [-0.25, -0.2) is 4.98 Å². The molecule has 2 rings (SSSR count). The molecule has 0 amide bonds. The van der Waals surface area contributed by atoms with Crippen LogP contribution in [0.25, 0.3) is 0 Å². The first-order valence-corrected chi connectivity index (χ1v) is 7.40. The monoisotopic (exact) mass is 238 g/mol. The van der Waals surface area contributed by atoms with Crippen LogP contribution in [0.1, 0.15) is 48.2 Å². The Labute approximate surface area is 102 Å². The first-order chi connectivity index (χ1) is 7.90. The van der Waals surface area contributed by atoms with Crippen LogP contribution in [0.5, 0.6) is 0 Å². The van der Waals surface area contributed by atoms with Crippen molar-refractivity contribution in [1.29, 1.82) is 0 Å². The van der Waals surface area contributed by atoms with Gasteiger partial charge in [0.05, 0.1) is 10.7 Å². The summed E-state index contributed by atoms with van der Waals surface area (Å²) in [5.74, 6) is 0. The fraction of sp³-hybridized carbons (Fsp3) is 0.769. The lowest BCUT2D eigenvalue weighted by molar-refractivity contribution is 0.637. The first-order valence-electron chi connectivity index (χ1n) is 6.58. The Bertz CT molecular complexity index is 296. The van der Waals surface area contributed by atoms with E-state index in [1.54, 1.807) is 4.88 Å². The van der Waals surface area contributed by atoms with Gasteiger partial charge in [-0.2, -0.15) is 0 Å². The lowest BCUT2D eigenvalue weighted by Crippen LogP contribution is -2.18. The molecule has 0 aliphatic heterocycles. The summed E-state index contributed by atoms with van der Waals surface area (Å²) in [6.07, 6.45) is 8.87. The van der Waals surface area contributed by atoms with E-state index < -0.39 is 0 Å². The van der Waals surface area contributed by atoms with Gasteiger partial charge in [0, 0.05) is 17.8 Å². The molecule has 0 spiro atoms. The van der Waals surface area contributed by atoms with Crippen molar-refractivity contribution in [3.63, 3.8) is 0 Å². The van der Waals surface area contributed by atoms with E-state index >= 15 is 0 Å². The van der Waals surface area contributed by atoms with Crippen LogP contribution in [-0.4, -0.2) is 18.1 Å². The molecule has 2 nitrogen and oxygen atoms in total. The first kappa shape index (κ1) is 12.1. The Balaban J connectivity index is 1.74. The van der Waals surface area contributed by atoms with Gasteiger partial charge >= 0.3 is 0 Å². The molecular weight excluding hydrogens is 216 g/mol. The maximum Gasteiger partial charge on any atom is 0.0943 e. The molecule has 0 fully saturated rings. The maximum atomic E-state index is 4.75. The highest BCUT2D eigenvalue weighted by atomic mass is 32.1. The van der Waals surface area contributed by atoms with Crippen LogP contribution >= 0.6 is 11.3 Å². The van der Waals surface area contributed by atoms with Gasteiger partial charge < -0.3 is 5.32 Å². The van der Waals surface area contributed by atoms with Gasteiger partial charge in [0.2, 0.25) is 0 Å². The molecule has 0 bridgehead atoms. The Morgan fingerprint density at radius 2 is 2.12 bits per heavy atom. The zero-order chi connectivity index (χ0) is 11.2.